The third kappa shape index (κ3) is 4.85. The highest BCUT2D eigenvalue weighted by Crippen LogP contribution is 2.25. The third-order valence-electron chi connectivity index (χ3n) is 4.74. The number of nitrogens with zero attached hydrogens (tertiary/aromatic N) is 3. The van der Waals surface area contributed by atoms with Crippen molar-refractivity contribution in [2.75, 3.05) is 16.3 Å². The van der Waals surface area contributed by atoms with Crippen molar-refractivity contribution in [3.05, 3.63) is 101 Å². The van der Waals surface area contributed by atoms with Gasteiger partial charge in [0.15, 0.2) is 5.82 Å². The molecule has 164 valence electrons. The Kier molecular flexibility index (Phi) is 6.59. The standard InChI is InChI=1S/C22H20ClN5O2S2/c23-17-11-13-19(14-12-17)27(32(29,30)20-9-5-2-6-10-20)16-15-21-24-25-22(31)28(21)26-18-7-3-1-4-8-18/h1-14,26H,15-16H2,(H,25,31). The number of anilines is 2. The molecule has 0 spiro atoms. The maximum Gasteiger partial charge on any atom is 0.264 e. The molecular weight excluding hydrogens is 466 g/mol. The van der Waals surface area contributed by atoms with Crippen LogP contribution in [0.25, 0.3) is 0 Å². The maximum absolute atomic E-state index is 13.4. The van der Waals surface area contributed by atoms with E-state index in [1.54, 1.807) is 59.3 Å². The van der Waals surface area contributed by atoms with Gasteiger partial charge in [-0.1, -0.05) is 48.0 Å². The fraction of sp³-hybridized carbons (Fsp3) is 0.0909. The molecule has 1 aromatic heterocycles. The second kappa shape index (κ2) is 9.56. The molecule has 0 atom stereocenters. The summed E-state index contributed by atoms with van der Waals surface area (Å²) in [5.41, 5.74) is 4.54. The molecule has 0 unspecified atom stereocenters. The van der Waals surface area contributed by atoms with E-state index in [-0.39, 0.29) is 11.4 Å². The average molecular weight is 486 g/mol. The van der Waals surface area contributed by atoms with Crippen LogP contribution >= 0.6 is 23.8 Å². The number of hydrogen-bond acceptors (Lipinski definition) is 5. The van der Waals surface area contributed by atoms with Gasteiger partial charge in [-0.3, -0.25) is 14.8 Å². The van der Waals surface area contributed by atoms with Crippen LogP contribution in [0.2, 0.25) is 5.02 Å². The van der Waals surface area contributed by atoms with Gasteiger partial charge in [-0.2, -0.15) is 5.10 Å². The number of rotatable bonds is 8. The third-order valence-corrected chi connectivity index (χ3v) is 7.11. The van der Waals surface area contributed by atoms with Gasteiger partial charge in [0.05, 0.1) is 16.3 Å². The maximum atomic E-state index is 13.4. The first-order valence-corrected chi connectivity index (χ1v) is 12.0. The largest absolute Gasteiger partial charge is 0.291 e. The Bertz CT molecular complexity index is 1340. The molecule has 1 heterocycles. The molecule has 0 aliphatic rings. The van der Waals surface area contributed by atoms with Crippen LogP contribution in [0.15, 0.2) is 89.8 Å². The molecule has 7 nitrogen and oxygen atoms in total. The van der Waals surface area contributed by atoms with Gasteiger partial charge in [-0.05, 0) is 60.7 Å². The van der Waals surface area contributed by atoms with Crippen LogP contribution < -0.4 is 9.73 Å². The van der Waals surface area contributed by atoms with E-state index in [9.17, 15) is 8.42 Å². The minimum absolute atomic E-state index is 0.148. The van der Waals surface area contributed by atoms with Crippen LogP contribution in [0.1, 0.15) is 5.82 Å². The number of H-pyrrole nitrogens is 1. The molecule has 0 aliphatic carbocycles. The van der Waals surface area contributed by atoms with Gasteiger partial charge in [-0.15, -0.1) is 0 Å². The zero-order chi connectivity index (χ0) is 22.6. The molecule has 3 aromatic carbocycles. The lowest BCUT2D eigenvalue weighted by molar-refractivity contribution is 0.589. The highest BCUT2D eigenvalue weighted by molar-refractivity contribution is 7.92. The summed E-state index contributed by atoms with van der Waals surface area (Å²) < 4.78 is 30.3. The summed E-state index contributed by atoms with van der Waals surface area (Å²) in [7, 11) is -3.81. The molecule has 0 fully saturated rings. The van der Waals surface area contributed by atoms with E-state index in [0.29, 0.717) is 27.7 Å². The number of hydrogen-bond donors (Lipinski definition) is 2. The fourth-order valence-corrected chi connectivity index (χ4v) is 4.98. The number of aromatic amines is 1. The number of benzene rings is 3. The number of para-hydroxylation sites is 1. The molecule has 0 saturated heterocycles. The molecule has 0 bridgehead atoms. The van der Waals surface area contributed by atoms with Gasteiger partial charge in [-0.25, -0.2) is 13.1 Å². The summed E-state index contributed by atoms with van der Waals surface area (Å²) in [6.45, 7) is 0.148. The van der Waals surface area contributed by atoms with E-state index in [4.69, 9.17) is 23.8 Å². The molecule has 0 amide bonds. The molecule has 32 heavy (non-hydrogen) atoms. The summed E-state index contributed by atoms with van der Waals surface area (Å²) in [4.78, 5) is 0.205. The van der Waals surface area contributed by atoms with Gasteiger partial charge in [0.25, 0.3) is 10.0 Å². The normalized spacial score (nSPS) is 11.3. The van der Waals surface area contributed by atoms with Crippen LogP contribution in [0.5, 0.6) is 0 Å². The Morgan fingerprint density at radius 3 is 2.25 bits per heavy atom. The van der Waals surface area contributed by atoms with Crippen molar-refractivity contribution in [2.45, 2.75) is 11.3 Å². The van der Waals surface area contributed by atoms with Crippen molar-refractivity contribution in [1.29, 1.82) is 0 Å². The van der Waals surface area contributed by atoms with Gasteiger partial charge in [0.2, 0.25) is 4.77 Å². The van der Waals surface area contributed by atoms with E-state index in [2.05, 4.69) is 15.6 Å². The molecular formula is C22H20ClN5O2S2. The summed E-state index contributed by atoms with van der Waals surface area (Å²) in [5.74, 6) is 0.570. The molecule has 0 aliphatic heterocycles. The van der Waals surface area contributed by atoms with Gasteiger partial charge in [0, 0.05) is 18.0 Å². The van der Waals surface area contributed by atoms with Crippen LogP contribution in [0.4, 0.5) is 11.4 Å². The lowest BCUT2D eigenvalue weighted by Gasteiger charge is -2.24. The monoisotopic (exact) mass is 485 g/mol. The molecule has 0 saturated carbocycles. The lowest BCUT2D eigenvalue weighted by Crippen LogP contribution is -2.33. The number of aromatic nitrogens is 3. The van der Waals surface area contributed by atoms with Crippen LogP contribution in [0, 0.1) is 4.77 Å². The van der Waals surface area contributed by atoms with Gasteiger partial charge in [0.1, 0.15) is 0 Å². The molecule has 4 aromatic rings. The second-order valence-electron chi connectivity index (χ2n) is 6.87. The SMILES string of the molecule is O=S(=O)(c1ccccc1)N(CCc1n[nH]c(=S)n1Nc1ccccc1)c1ccc(Cl)cc1. The fourth-order valence-electron chi connectivity index (χ4n) is 3.17. The first-order valence-electron chi connectivity index (χ1n) is 9.77. The Hall–Kier alpha value is -3.14. The summed E-state index contributed by atoms with van der Waals surface area (Å²) >= 11 is 11.4. The number of nitrogens with one attached hydrogen (secondary N) is 2. The number of sulfonamides is 1. The summed E-state index contributed by atoms with van der Waals surface area (Å²) in [5, 5.41) is 7.58. The van der Waals surface area contributed by atoms with E-state index >= 15 is 0 Å². The van der Waals surface area contributed by atoms with Gasteiger partial charge < -0.3 is 0 Å². The zero-order valence-electron chi connectivity index (χ0n) is 16.8. The van der Waals surface area contributed by atoms with E-state index in [1.165, 1.54) is 4.31 Å². The Morgan fingerprint density at radius 1 is 0.969 bits per heavy atom. The molecule has 10 heteroatoms. The van der Waals surface area contributed by atoms with Crippen LogP contribution in [0.3, 0.4) is 0 Å². The summed E-state index contributed by atoms with van der Waals surface area (Å²) in [6, 6.07) is 24.5. The summed E-state index contributed by atoms with van der Waals surface area (Å²) in [6.07, 6.45) is 0.307. The van der Waals surface area contributed by atoms with Crippen molar-refractivity contribution in [2.24, 2.45) is 0 Å². The molecule has 4 rings (SSSR count). The van der Waals surface area contributed by atoms with E-state index in [1.807, 2.05) is 30.3 Å². The quantitative estimate of drug-likeness (QED) is 0.346. The highest BCUT2D eigenvalue weighted by Gasteiger charge is 2.25. The topological polar surface area (TPSA) is 83.0 Å². The average Bonchev–Trinajstić information content (AvgIpc) is 3.15. The molecule has 2 N–H and O–H groups in total. The van der Waals surface area contributed by atoms with Gasteiger partial charge >= 0.3 is 0 Å². The van der Waals surface area contributed by atoms with E-state index in [0.717, 1.165) is 5.69 Å². The lowest BCUT2D eigenvalue weighted by atomic mass is 10.3. The predicted octanol–water partition coefficient (Wildman–Crippen LogP) is 4.91. The predicted molar refractivity (Wildman–Crippen MR) is 129 cm³/mol. The minimum Gasteiger partial charge on any atom is -0.291 e. The molecule has 0 radical (unpaired) electrons. The van der Waals surface area contributed by atoms with Crippen LogP contribution in [-0.2, 0) is 16.4 Å². The minimum atomic E-state index is -3.81. The first-order chi connectivity index (χ1) is 15.4. The highest BCUT2D eigenvalue weighted by atomic mass is 35.5. The Balaban J connectivity index is 1.65. The smallest absolute Gasteiger partial charge is 0.264 e. The Labute approximate surface area is 196 Å². The van der Waals surface area contributed by atoms with Crippen molar-refractivity contribution in [3.8, 4) is 0 Å². The van der Waals surface area contributed by atoms with Crippen molar-refractivity contribution >= 4 is 45.2 Å². The van der Waals surface area contributed by atoms with Crippen LogP contribution in [-0.4, -0.2) is 29.8 Å². The van der Waals surface area contributed by atoms with E-state index < -0.39 is 10.0 Å². The second-order valence-corrected chi connectivity index (χ2v) is 9.56. The van der Waals surface area contributed by atoms with Crippen molar-refractivity contribution in [3.63, 3.8) is 0 Å². The van der Waals surface area contributed by atoms with Crippen molar-refractivity contribution in [1.82, 2.24) is 14.9 Å². The zero-order valence-corrected chi connectivity index (χ0v) is 19.2. The van der Waals surface area contributed by atoms with Crippen molar-refractivity contribution < 1.29 is 8.42 Å². The first kappa shape index (κ1) is 22.1. The number of halogens is 1. The Morgan fingerprint density at radius 2 is 1.59 bits per heavy atom.